The Morgan fingerprint density at radius 1 is 1.23 bits per heavy atom. The van der Waals surface area contributed by atoms with Gasteiger partial charge in [0.2, 0.25) is 11.8 Å². The first-order valence-corrected chi connectivity index (χ1v) is 11.3. The Hall–Kier alpha value is -2.00. The van der Waals surface area contributed by atoms with E-state index in [0.717, 1.165) is 58.2 Å². The number of rotatable bonds is 7. The Morgan fingerprint density at radius 3 is 2.70 bits per heavy atom. The van der Waals surface area contributed by atoms with E-state index in [-0.39, 0.29) is 17.7 Å². The van der Waals surface area contributed by atoms with Crippen molar-refractivity contribution in [1.29, 1.82) is 0 Å². The average molecular weight is 419 g/mol. The third-order valence-electron chi connectivity index (χ3n) is 7.11. The van der Waals surface area contributed by atoms with Gasteiger partial charge in [0, 0.05) is 32.6 Å². The molecule has 4 heterocycles. The minimum atomic E-state index is -0.817. The summed E-state index contributed by atoms with van der Waals surface area (Å²) in [6, 6.07) is 0.350. The molecule has 9 nitrogen and oxygen atoms in total. The van der Waals surface area contributed by atoms with Crippen LogP contribution in [0, 0.1) is 11.8 Å². The van der Waals surface area contributed by atoms with Crippen LogP contribution in [0.5, 0.6) is 0 Å². The van der Waals surface area contributed by atoms with Crippen LogP contribution in [0.15, 0.2) is 6.20 Å². The summed E-state index contributed by atoms with van der Waals surface area (Å²) in [6.45, 7) is 4.93. The van der Waals surface area contributed by atoms with Crippen LogP contribution in [0.4, 0.5) is 0 Å². The molecular weight excluding hydrogens is 384 g/mol. The molecule has 1 aliphatic carbocycles. The number of carbonyl (C=O) groups excluding carboxylic acids is 2. The van der Waals surface area contributed by atoms with Crippen molar-refractivity contribution in [3.05, 3.63) is 11.9 Å². The number of fused-ring (bicyclic) bond motifs is 3. The Balaban J connectivity index is 1.30. The number of aliphatic hydroxyl groups is 1. The quantitative estimate of drug-likeness (QED) is 0.553. The fourth-order valence-corrected chi connectivity index (χ4v) is 5.39. The number of piperidine rings is 3. The highest BCUT2D eigenvalue weighted by Crippen LogP contribution is 2.38. The topological polar surface area (TPSA) is 112 Å². The lowest BCUT2D eigenvalue weighted by molar-refractivity contribution is -0.133. The zero-order chi connectivity index (χ0) is 21.1. The second-order valence-corrected chi connectivity index (χ2v) is 9.23. The van der Waals surface area contributed by atoms with E-state index in [1.807, 2.05) is 10.9 Å². The number of hydrogen-bond acceptors (Lipinski definition) is 6. The molecule has 30 heavy (non-hydrogen) atoms. The summed E-state index contributed by atoms with van der Waals surface area (Å²) in [7, 11) is 0. The lowest BCUT2D eigenvalue weighted by Crippen LogP contribution is -2.58. The van der Waals surface area contributed by atoms with Gasteiger partial charge in [-0.15, -0.1) is 5.10 Å². The zero-order valence-corrected chi connectivity index (χ0v) is 17.8. The number of nitrogens with one attached hydrogen (secondary N) is 2. The van der Waals surface area contributed by atoms with Crippen LogP contribution in [-0.2, 0) is 21.7 Å². The number of carbonyl (C=O) groups is 2. The summed E-state index contributed by atoms with van der Waals surface area (Å²) in [5, 5.41) is 25.1. The van der Waals surface area contributed by atoms with Gasteiger partial charge in [-0.3, -0.25) is 19.2 Å². The number of aromatic nitrogens is 3. The standard InChI is InChI=1S/C21H34N6O3/c1-15(28)22-8-9-23-20(29)18-13-26-10-5-16(18)11-17(26)12-27-14-19(24-25-27)21(30)6-3-2-4-7-21/h14,16-18,30H,2-13H2,1H3,(H,22,28)(H,23,29). The zero-order valence-electron chi connectivity index (χ0n) is 17.8. The van der Waals surface area contributed by atoms with Crippen molar-refractivity contribution in [2.24, 2.45) is 11.8 Å². The highest BCUT2D eigenvalue weighted by atomic mass is 16.3. The third kappa shape index (κ3) is 4.67. The van der Waals surface area contributed by atoms with Crippen molar-refractivity contribution in [3.8, 4) is 0 Å². The van der Waals surface area contributed by atoms with Gasteiger partial charge < -0.3 is 15.7 Å². The molecule has 5 rings (SSSR count). The molecule has 4 aliphatic rings. The van der Waals surface area contributed by atoms with Gasteiger partial charge in [0.15, 0.2) is 0 Å². The second kappa shape index (κ2) is 9.01. The predicted octanol–water partition coefficient (Wildman–Crippen LogP) is 0.393. The molecule has 166 valence electrons. The summed E-state index contributed by atoms with van der Waals surface area (Å²) in [4.78, 5) is 25.9. The van der Waals surface area contributed by atoms with Crippen LogP contribution >= 0.6 is 0 Å². The Bertz CT molecular complexity index is 760. The molecule has 0 radical (unpaired) electrons. The molecule has 3 saturated heterocycles. The maximum atomic E-state index is 12.6. The molecule has 0 aromatic carbocycles. The van der Waals surface area contributed by atoms with E-state index in [2.05, 4.69) is 25.8 Å². The summed E-state index contributed by atoms with van der Waals surface area (Å²) in [6.07, 6.45) is 8.72. The largest absolute Gasteiger partial charge is 0.383 e. The smallest absolute Gasteiger partial charge is 0.224 e. The van der Waals surface area contributed by atoms with Crippen molar-refractivity contribution in [1.82, 2.24) is 30.5 Å². The van der Waals surface area contributed by atoms with Gasteiger partial charge in [-0.1, -0.05) is 24.5 Å². The minimum Gasteiger partial charge on any atom is -0.383 e. The fourth-order valence-electron chi connectivity index (χ4n) is 5.39. The van der Waals surface area contributed by atoms with E-state index in [4.69, 9.17) is 0 Å². The molecule has 4 atom stereocenters. The molecule has 9 heteroatoms. The normalized spacial score (nSPS) is 30.1. The van der Waals surface area contributed by atoms with Crippen molar-refractivity contribution in [2.75, 3.05) is 26.2 Å². The SMILES string of the molecule is CC(=O)NCCNC(=O)C1CN2CCC1CC2Cn1cc(C2(O)CCCCC2)nn1. The van der Waals surface area contributed by atoms with Gasteiger partial charge in [-0.05, 0) is 38.1 Å². The molecular formula is C21H34N6O3. The minimum absolute atomic E-state index is 0.0154. The third-order valence-corrected chi connectivity index (χ3v) is 7.11. The molecule has 1 aromatic rings. The predicted molar refractivity (Wildman–Crippen MR) is 110 cm³/mol. The highest BCUT2D eigenvalue weighted by Gasteiger charge is 2.43. The number of hydrogen-bond donors (Lipinski definition) is 3. The van der Waals surface area contributed by atoms with Crippen LogP contribution in [-0.4, -0.2) is 69.0 Å². The van der Waals surface area contributed by atoms with Crippen molar-refractivity contribution >= 4 is 11.8 Å². The molecule has 1 saturated carbocycles. The Morgan fingerprint density at radius 2 is 2.00 bits per heavy atom. The molecule has 2 amide bonds. The molecule has 3 N–H and O–H groups in total. The van der Waals surface area contributed by atoms with E-state index in [1.54, 1.807) is 0 Å². The van der Waals surface area contributed by atoms with Crippen molar-refractivity contribution < 1.29 is 14.7 Å². The van der Waals surface area contributed by atoms with Crippen LogP contribution in [0.25, 0.3) is 0 Å². The fraction of sp³-hybridized carbons (Fsp3) is 0.810. The first-order chi connectivity index (χ1) is 14.4. The highest BCUT2D eigenvalue weighted by molar-refractivity contribution is 5.79. The lowest BCUT2D eigenvalue weighted by Gasteiger charge is -2.49. The maximum Gasteiger partial charge on any atom is 0.224 e. The van der Waals surface area contributed by atoms with Gasteiger partial charge in [0.05, 0.1) is 18.7 Å². The summed E-state index contributed by atoms with van der Waals surface area (Å²) in [5.41, 5.74) is -0.113. The van der Waals surface area contributed by atoms with Crippen LogP contribution in [0.3, 0.4) is 0 Å². The van der Waals surface area contributed by atoms with Gasteiger partial charge in [0.1, 0.15) is 11.3 Å². The summed E-state index contributed by atoms with van der Waals surface area (Å²) in [5.74, 6) is 0.408. The average Bonchev–Trinajstić information content (AvgIpc) is 3.21. The van der Waals surface area contributed by atoms with Gasteiger partial charge in [-0.25, -0.2) is 0 Å². The van der Waals surface area contributed by atoms with E-state index in [9.17, 15) is 14.7 Å². The van der Waals surface area contributed by atoms with Crippen molar-refractivity contribution in [3.63, 3.8) is 0 Å². The van der Waals surface area contributed by atoms with Gasteiger partial charge >= 0.3 is 0 Å². The van der Waals surface area contributed by atoms with Crippen LogP contribution in [0.1, 0.15) is 57.6 Å². The lowest BCUT2D eigenvalue weighted by atomic mass is 9.75. The van der Waals surface area contributed by atoms with Gasteiger partial charge in [0.25, 0.3) is 0 Å². The first kappa shape index (κ1) is 21.2. The molecule has 4 fully saturated rings. The van der Waals surface area contributed by atoms with Crippen molar-refractivity contribution in [2.45, 2.75) is 70.1 Å². The summed E-state index contributed by atoms with van der Waals surface area (Å²) >= 11 is 0. The van der Waals surface area contributed by atoms with Crippen LogP contribution in [0.2, 0.25) is 0 Å². The molecule has 2 bridgehead atoms. The van der Waals surface area contributed by atoms with Crippen LogP contribution < -0.4 is 10.6 Å². The molecule has 3 aliphatic heterocycles. The maximum absolute atomic E-state index is 12.6. The first-order valence-electron chi connectivity index (χ1n) is 11.3. The second-order valence-electron chi connectivity index (χ2n) is 9.23. The number of amides is 2. The molecule has 4 unspecified atom stereocenters. The number of nitrogens with zero attached hydrogens (tertiary/aromatic N) is 4. The Labute approximate surface area is 177 Å². The van der Waals surface area contributed by atoms with E-state index in [1.165, 1.54) is 13.3 Å². The molecule has 1 aromatic heterocycles. The van der Waals surface area contributed by atoms with Gasteiger partial charge in [-0.2, -0.15) is 0 Å². The monoisotopic (exact) mass is 418 g/mol. The Kier molecular flexibility index (Phi) is 6.38. The van der Waals surface area contributed by atoms with E-state index in [0.29, 0.717) is 30.7 Å². The molecule has 0 spiro atoms. The van der Waals surface area contributed by atoms with E-state index >= 15 is 0 Å². The summed E-state index contributed by atoms with van der Waals surface area (Å²) < 4.78 is 1.87. The van der Waals surface area contributed by atoms with E-state index < -0.39 is 5.60 Å².